The van der Waals surface area contributed by atoms with Crippen LogP contribution in [0.1, 0.15) is 49.4 Å². The molecule has 0 saturated heterocycles. The number of allylic oxidation sites excluding steroid dienone is 1. The van der Waals surface area contributed by atoms with Gasteiger partial charge in [-0.3, -0.25) is 4.79 Å². The number of rotatable bonds is 4. The Kier molecular flexibility index (Phi) is 5.61. The summed E-state index contributed by atoms with van der Waals surface area (Å²) in [5.41, 5.74) is 5.60. The van der Waals surface area contributed by atoms with Gasteiger partial charge in [0.05, 0.1) is 11.6 Å². The van der Waals surface area contributed by atoms with Crippen LogP contribution in [0.4, 0.5) is 5.69 Å². The van der Waals surface area contributed by atoms with Gasteiger partial charge < -0.3 is 16.0 Å². The maximum atomic E-state index is 13.0. The van der Waals surface area contributed by atoms with Gasteiger partial charge in [-0.25, -0.2) is 0 Å². The largest absolute Gasteiger partial charge is 0.351 e. The molecule has 140 valence electrons. The minimum Gasteiger partial charge on any atom is -0.351 e. The fourth-order valence-corrected chi connectivity index (χ4v) is 3.42. The second-order valence-electron chi connectivity index (χ2n) is 7.21. The number of benzene rings is 2. The fraction of sp³-hybridized carbons (Fsp3) is 0.273. The van der Waals surface area contributed by atoms with Crippen LogP contribution in [0, 0.1) is 6.92 Å². The van der Waals surface area contributed by atoms with Crippen LogP contribution in [0.3, 0.4) is 0 Å². The lowest BCUT2D eigenvalue weighted by molar-refractivity contribution is -0.113. The monoisotopic (exact) mass is 379 g/mol. The van der Waals surface area contributed by atoms with Gasteiger partial charge in [0.2, 0.25) is 0 Å². The minimum absolute atomic E-state index is 0.142. The number of hydrogen-bond acceptors (Lipinski definition) is 2. The van der Waals surface area contributed by atoms with Gasteiger partial charge in [0.15, 0.2) is 5.11 Å². The van der Waals surface area contributed by atoms with E-state index in [9.17, 15) is 4.79 Å². The SMILES string of the molecule is CC1=C(C(=O)Nc2ccc(C)cc2)[C@@H](c2ccc(C(C)C)cc2)NC(=S)N1. The van der Waals surface area contributed by atoms with Crippen LogP contribution < -0.4 is 16.0 Å². The van der Waals surface area contributed by atoms with Crippen LogP contribution in [-0.4, -0.2) is 11.0 Å². The number of anilines is 1. The molecule has 1 heterocycles. The third-order valence-electron chi connectivity index (χ3n) is 4.76. The molecular weight excluding hydrogens is 354 g/mol. The van der Waals surface area contributed by atoms with Crippen molar-refractivity contribution in [3.63, 3.8) is 0 Å². The molecule has 0 unspecified atom stereocenters. The minimum atomic E-state index is -0.287. The van der Waals surface area contributed by atoms with Gasteiger partial charge in [0.1, 0.15) is 0 Å². The van der Waals surface area contributed by atoms with Crippen molar-refractivity contribution in [2.45, 2.75) is 39.7 Å². The Hall–Kier alpha value is -2.66. The molecule has 1 aliphatic rings. The van der Waals surface area contributed by atoms with E-state index in [0.717, 1.165) is 22.5 Å². The Balaban J connectivity index is 1.91. The van der Waals surface area contributed by atoms with Gasteiger partial charge in [-0.2, -0.15) is 0 Å². The molecule has 0 radical (unpaired) electrons. The normalized spacial score (nSPS) is 16.8. The second-order valence-corrected chi connectivity index (χ2v) is 7.62. The smallest absolute Gasteiger partial charge is 0.255 e. The predicted molar refractivity (Wildman–Crippen MR) is 115 cm³/mol. The first kappa shape index (κ1) is 19.1. The zero-order valence-corrected chi connectivity index (χ0v) is 16.9. The van der Waals surface area contributed by atoms with Crippen LogP contribution in [0.25, 0.3) is 0 Å². The first-order valence-corrected chi connectivity index (χ1v) is 9.52. The Morgan fingerprint density at radius 3 is 2.26 bits per heavy atom. The van der Waals surface area contributed by atoms with E-state index in [1.165, 1.54) is 5.56 Å². The Morgan fingerprint density at radius 2 is 1.67 bits per heavy atom. The quantitative estimate of drug-likeness (QED) is 0.682. The highest BCUT2D eigenvalue weighted by Gasteiger charge is 2.29. The van der Waals surface area contributed by atoms with Crippen LogP contribution in [0.15, 0.2) is 59.8 Å². The van der Waals surface area contributed by atoms with Crippen LogP contribution >= 0.6 is 12.2 Å². The molecule has 1 atom stereocenters. The van der Waals surface area contributed by atoms with E-state index >= 15 is 0 Å². The van der Waals surface area contributed by atoms with Crippen LogP contribution in [0.2, 0.25) is 0 Å². The Bertz CT molecular complexity index is 883. The van der Waals surface area contributed by atoms with Crippen molar-refractivity contribution in [2.24, 2.45) is 0 Å². The van der Waals surface area contributed by atoms with E-state index in [0.29, 0.717) is 16.6 Å². The number of thiocarbonyl (C=S) groups is 1. The summed E-state index contributed by atoms with van der Waals surface area (Å²) >= 11 is 5.32. The lowest BCUT2D eigenvalue weighted by atomic mass is 9.92. The van der Waals surface area contributed by atoms with Crippen LogP contribution in [-0.2, 0) is 4.79 Å². The van der Waals surface area contributed by atoms with Crippen molar-refractivity contribution in [1.29, 1.82) is 0 Å². The summed E-state index contributed by atoms with van der Waals surface area (Å²) in [6.07, 6.45) is 0. The van der Waals surface area contributed by atoms with E-state index < -0.39 is 0 Å². The molecule has 4 nitrogen and oxygen atoms in total. The van der Waals surface area contributed by atoms with E-state index in [-0.39, 0.29) is 11.9 Å². The highest BCUT2D eigenvalue weighted by molar-refractivity contribution is 7.80. The fourth-order valence-electron chi connectivity index (χ4n) is 3.15. The van der Waals surface area contributed by atoms with Crippen LogP contribution in [0.5, 0.6) is 0 Å². The summed E-state index contributed by atoms with van der Waals surface area (Å²) < 4.78 is 0. The van der Waals surface area contributed by atoms with Gasteiger partial charge in [-0.05, 0) is 55.2 Å². The number of hydrogen-bond donors (Lipinski definition) is 3. The maximum absolute atomic E-state index is 13.0. The molecule has 2 aromatic rings. The van der Waals surface area contributed by atoms with Gasteiger partial charge in [0, 0.05) is 11.4 Å². The molecule has 1 amide bonds. The van der Waals surface area contributed by atoms with E-state index in [2.05, 4.69) is 54.1 Å². The summed E-state index contributed by atoms with van der Waals surface area (Å²) in [6.45, 7) is 8.23. The van der Waals surface area contributed by atoms with E-state index in [1.54, 1.807) is 0 Å². The van der Waals surface area contributed by atoms with Crippen molar-refractivity contribution in [1.82, 2.24) is 10.6 Å². The lowest BCUT2D eigenvalue weighted by Crippen LogP contribution is -2.45. The van der Waals surface area contributed by atoms with Gasteiger partial charge in [-0.1, -0.05) is 55.8 Å². The molecule has 3 N–H and O–H groups in total. The molecule has 27 heavy (non-hydrogen) atoms. The molecule has 2 aromatic carbocycles. The number of aryl methyl sites for hydroxylation is 1. The van der Waals surface area contributed by atoms with Gasteiger partial charge in [-0.15, -0.1) is 0 Å². The topological polar surface area (TPSA) is 53.2 Å². The van der Waals surface area contributed by atoms with Crippen molar-refractivity contribution in [3.8, 4) is 0 Å². The third-order valence-corrected chi connectivity index (χ3v) is 4.98. The number of carbonyl (C=O) groups excluding carboxylic acids is 1. The predicted octanol–water partition coefficient (Wildman–Crippen LogP) is 4.55. The van der Waals surface area contributed by atoms with E-state index in [4.69, 9.17) is 12.2 Å². The maximum Gasteiger partial charge on any atom is 0.255 e. The zero-order valence-electron chi connectivity index (χ0n) is 16.1. The Labute approximate surface area is 166 Å². The molecular formula is C22H25N3OS. The first-order chi connectivity index (χ1) is 12.8. The summed E-state index contributed by atoms with van der Waals surface area (Å²) in [7, 11) is 0. The molecule has 0 fully saturated rings. The lowest BCUT2D eigenvalue weighted by Gasteiger charge is -2.30. The highest BCUT2D eigenvalue weighted by atomic mass is 32.1. The summed E-state index contributed by atoms with van der Waals surface area (Å²) in [5.74, 6) is 0.319. The molecule has 1 aliphatic heterocycles. The molecule has 0 spiro atoms. The average molecular weight is 380 g/mol. The molecule has 0 aromatic heterocycles. The van der Waals surface area contributed by atoms with Crippen molar-refractivity contribution >= 4 is 28.9 Å². The second kappa shape index (κ2) is 7.92. The van der Waals surface area contributed by atoms with Crippen molar-refractivity contribution < 1.29 is 4.79 Å². The number of amides is 1. The third kappa shape index (κ3) is 4.37. The van der Waals surface area contributed by atoms with Crippen molar-refractivity contribution in [3.05, 3.63) is 76.5 Å². The zero-order chi connectivity index (χ0) is 19.6. The summed E-state index contributed by atoms with van der Waals surface area (Å²) in [6, 6.07) is 15.8. The van der Waals surface area contributed by atoms with Gasteiger partial charge >= 0.3 is 0 Å². The Morgan fingerprint density at radius 1 is 1.04 bits per heavy atom. The van der Waals surface area contributed by atoms with Gasteiger partial charge in [0.25, 0.3) is 5.91 Å². The van der Waals surface area contributed by atoms with E-state index in [1.807, 2.05) is 38.1 Å². The summed E-state index contributed by atoms with van der Waals surface area (Å²) in [5, 5.41) is 9.83. The molecule has 0 saturated carbocycles. The highest BCUT2D eigenvalue weighted by Crippen LogP contribution is 2.29. The molecule has 5 heteroatoms. The number of nitrogens with one attached hydrogen (secondary N) is 3. The standard InChI is InChI=1S/C22H25N3OS/c1-13(2)16-7-9-17(10-8-16)20-19(15(4)23-22(27)25-20)21(26)24-18-11-5-14(3)6-12-18/h5-13,20H,1-4H3,(H,24,26)(H2,23,25,27)/t20-/m1/s1. The van der Waals surface area contributed by atoms with Crippen molar-refractivity contribution in [2.75, 3.05) is 5.32 Å². The molecule has 0 bridgehead atoms. The molecule has 0 aliphatic carbocycles. The number of carbonyl (C=O) groups is 1. The molecule has 3 rings (SSSR count). The average Bonchev–Trinajstić information content (AvgIpc) is 2.63. The summed E-state index contributed by atoms with van der Waals surface area (Å²) in [4.78, 5) is 13.0. The first-order valence-electron chi connectivity index (χ1n) is 9.11.